The van der Waals surface area contributed by atoms with Crippen LogP contribution in [0, 0.1) is 12.8 Å². The predicted octanol–water partition coefficient (Wildman–Crippen LogP) is 4.37. The van der Waals surface area contributed by atoms with Crippen molar-refractivity contribution in [1.29, 1.82) is 0 Å². The van der Waals surface area contributed by atoms with E-state index < -0.39 is 0 Å². The number of nitrogens with zero attached hydrogens (tertiary/aromatic N) is 5. The van der Waals surface area contributed by atoms with Gasteiger partial charge in [0.15, 0.2) is 17.0 Å². The molecule has 3 aromatic rings. The predicted molar refractivity (Wildman–Crippen MR) is 123 cm³/mol. The van der Waals surface area contributed by atoms with E-state index in [4.69, 9.17) is 16.6 Å². The van der Waals surface area contributed by atoms with Gasteiger partial charge >= 0.3 is 0 Å². The molecule has 0 bridgehead atoms. The summed E-state index contributed by atoms with van der Waals surface area (Å²) < 4.78 is 2.25. The maximum absolute atomic E-state index is 13.0. The molecule has 0 aliphatic carbocycles. The molecule has 8 heteroatoms. The van der Waals surface area contributed by atoms with Gasteiger partial charge in [0, 0.05) is 36.8 Å². The molecule has 1 saturated heterocycles. The van der Waals surface area contributed by atoms with E-state index in [2.05, 4.69) is 24.8 Å². The Balaban J connectivity index is 1.38. The summed E-state index contributed by atoms with van der Waals surface area (Å²) >= 11 is 6.04. The fraction of sp³-hybridized carbons (Fsp3) is 0.478. The Bertz CT molecular complexity index is 1130. The number of aryl methyl sites for hydroxylation is 3. The van der Waals surface area contributed by atoms with E-state index in [-0.39, 0.29) is 11.8 Å². The van der Waals surface area contributed by atoms with Gasteiger partial charge in [0.2, 0.25) is 5.91 Å². The molecular formula is C23H27ClN6O. The number of fused-ring (bicyclic) bond motifs is 3. The van der Waals surface area contributed by atoms with Crippen LogP contribution in [0.25, 0.3) is 11.2 Å². The molecule has 2 aromatic heterocycles. The maximum Gasteiger partial charge on any atom is 0.229 e. The number of hydrogen-bond acceptors (Lipinski definition) is 5. The van der Waals surface area contributed by atoms with Gasteiger partial charge in [-0.1, -0.05) is 18.0 Å². The lowest BCUT2D eigenvalue weighted by atomic mass is 9.96. The van der Waals surface area contributed by atoms with Crippen LogP contribution in [0.4, 0.5) is 11.5 Å². The van der Waals surface area contributed by atoms with Gasteiger partial charge in [-0.3, -0.25) is 4.79 Å². The van der Waals surface area contributed by atoms with E-state index in [1.54, 1.807) is 12.4 Å². The molecule has 0 saturated carbocycles. The molecule has 0 radical (unpaired) electrons. The van der Waals surface area contributed by atoms with Crippen molar-refractivity contribution in [3.05, 3.63) is 40.9 Å². The van der Waals surface area contributed by atoms with Crippen molar-refractivity contribution in [3.8, 4) is 0 Å². The standard InChI is InChI=1S/C23H27ClN6O/c1-15-12-17(24)8-9-18(15)27-23(31)16-6-5-10-29(13-16)21-20-22(26-14-25-21)30-11-4-2-3-7-19(30)28-20/h8-9,12,14,16H,2-7,10-11,13H2,1H3,(H,27,31)/t16-/m1/s1. The number of carbonyl (C=O) groups is 1. The zero-order valence-electron chi connectivity index (χ0n) is 17.8. The largest absolute Gasteiger partial charge is 0.354 e. The molecule has 1 fully saturated rings. The summed E-state index contributed by atoms with van der Waals surface area (Å²) in [7, 11) is 0. The smallest absolute Gasteiger partial charge is 0.229 e. The summed E-state index contributed by atoms with van der Waals surface area (Å²) in [4.78, 5) is 29.3. The number of halogens is 1. The second kappa shape index (κ2) is 8.46. The number of carbonyl (C=O) groups excluding carboxylic acids is 1. The van der Waals surface area contributed by atoms with Crippen LogP contribution < -0.4 is 10.2 Å². The number of aromatic nitrogens is 4. The molecule has 5 rings (SSSR count). The van der Waals surface area contributed by atoms with Crippen LogP contribution in [-0.4, -0.2) is 38.5 Å². The summed E-state index contributed by atoms with van der Waals surface area (Å²) in [5, 5.41) is 3.76. The van der Waals surface area contributed by atoms with Crippen LogP contribution in [-0.2, 0) is 17.8 Å². The lowest BCUT2D eigenvalue weighted by Gasteiger charge is -2.33. The van der Waals surface area contributed by atoms with E-state index >= 15 is 0 Å². The lowest BCUT2D eigenvalue weighted by molar-refractivity contribution is -0.120. The first-order valence-corrected chi connectivity index (χ1v) is 11.5. The third kappa shape index (κ3) is 3.99. The normalized spacial score (nSPS) is 19.2. The van der Waals surface area contributed by atoms with Gasteiger partial charge in [0.25, 0.3) is 0 Å². The van der Waals surface area contributed by atoms with Crippen LogP contribution in [0.2, 0.25) is 5.02 Å². The average molecular weight is 439 g/mol. The van der Waals surface area contributed by atoms with Gasteiger partial charge in [0.1, 0.15) is 12.2 Å². The molecule has 31 heavy (non-hydrogen) atoms. The van der Waals surface area contributed by atoms with Crippen LogP contribution in [0.15, 0.2) is 24.5 Å². The molecule has 1 atom stereocenters. The van der Waals surface area contributed by atoms with E-state index in [9.17, 15) is 4.79 Å². The van der Waals surface area contributed by atoms with E-state index in [0.29, 0.717) is 11.6 Å². The number of nitrogens with one attached hydrogen (secondary N) is 1. The van der Waals surface area contributed by atoms with Crippen LogP contribution in [0.1, 0.15) is 43.5 Å². The lowest BCUT2D eigenvalue weighted by Crippen LogP contribution is -2.41. The fourth-order valence-corrected chi connectivity index (χ4v) is 4.97. The minimum atomic E-state index is -0.103. The molecule has 1 N–H and O–H groups in total. The average Bonchev–Trinajstić information content (AvgIpc) is 2.96. The zero-order valence-corrected chi connectivity index (χ0v) is 18.5. The fourth-order valence-electron chi connectivity index (χ4n) is 4.74. The van der Waals surface area contributed by atoms with Gasteiger partial charge in [-0.25, -0.2) is 15.0 Å². The molecule has 1 amide bonds. The first-order valence-electron chi connectivity index (χ1n) is 11.1. The summed E-state index contributed by atoms with van der Waals surface area (Å²) in [5.74, 6) is 1.90. The van der Waals surface area contributed by atoms with Crippen LogP contribution >= 0.6 is 11.6 Å². The molecule has 1 aromatic carbocycles. The SMILES string of the molecule is Cc1cc(Cl)ccc1NC(=O)[C@@H]1CCCN(c2ncnc3c2nc2n3CCCCC2)C1. The first-order chi connectivity index (χ1) is 15.1. The van der Waals surface area contributed by atoms with Crippen molar-refractivity contribution in [1.82, 2.24) is 19.5 Å². The minimum absolute atomic E-state index is 0.0426. The van der Waals surface area contributed by atoms with Crippen LogP contribution in [0.5, 0.6) is 0 Å². The second-order valence-electron chi connectivity index (χ2n) is 8.59. The Morgan fingerprint density at radius 2 is 2.06 bits per heavy atom. The van der Waals surface area contributed by atoms with Crippen LogP contribution in [0.3, 0.4) is 0 Å². The number of imidazole rings is 1. The van der Waals surface area contributed by atoms with E-state index in [1.807, 2.05) is 19.1 Å². The summed E-state index contributed by atoms with van der Waals surface area (Å²) in [6, 6.07) is 5.53. The minimum Gasteiger partial charge on any atom is -0.354 e. The Morgan fingerprint density at radius 3 is 2.94 bits per heavy atom. The van der Waals surface area contributed by atoms with Gasteiger partial charge in [0.05, 0.1) is 5.92 Å². The maximum atomic E-state index is 13.0. The van der Waals surface area contributed by atoms with Crippen molar-refractivity contribution in [2.24, 2.45) is 5.92 Å². The monoisotopic (exact) mass is 438 g/mol. The summed E-state index contributed by atoms with van der Waals surface area (Å²) in [6.07, 6.45) is 7.99. The molecule has 2 aliphatic rings. The molecular weight excluding hydrogens is 412 g/mol. The molecule has 4 heterocycles. The Hall–Kier alpha value is -2.67. The third-order valence-corrected chi connectivity index (χ3v) is 6.65. The number of amides is 1. The quantitative estimate of drug-likeness (QED) is 0.657. The number of rotatable bonds is 3. The molecule has 0 unspecified atom stereocenters. The third-order valence-electron chi connectivity index (χ3n) is 6.41. The van der Waals surface area contributed by atoms with Crippen molar-refractivity contribution >= 4 is 40.2 Å². The van der Waals surface area contributed by atoms with Gasteiger partial charge in [-0.05, 0) is 56.4 Å². The van der Waals surface area contributed by atoms with Gasteiger partial charge in [-0.15, -0.1) is 0 Å². The Labute approximate surface area is 186 Å². The van der Waals surface area contributed by atoms with E-state index in [1.165, 1.54) is 12.8 Å². The number of benzene rings is 1. The zero-order chi connectivity index (χ0) is 21.4. The topological polar surface area (TPSA) is 75.9 Å². The van der Waals surface area contributed by atoms with Gasteiger partial charge in [-0.2, -0.15) is 0 Å². The molecule has 2 aliphatic heterocycles. The van der Waals surface area contributed by atoms with Crippen molar-refractivity contribution in [2.45, 2.75) is 52.0 Å². The highest BCUT2D eigenvalue weighted by molar-refractivity contribution is 6.30. The van der Waals surface area contributed by atoms with E-state index in [0.717, 1.165) is 72.8 Å². The highest BCUT2D eigenvalue weighted by atomic mass is 35.5. The molecule has 7 nitrogen and oxygen atoms in total. The summed E-state index contributed by atoms with van der Waals surface area (Å²) in [5.41, 5.74) is 3.57. The highest BCUT2D eigenvalue weighted by Gasteiger charge is 2.29. The number of hydrogen-bond donors (Lipinski definition) is 1. The molecule has 162 valence electrons. The Kier molecular flexibility index (Phi) is 5.52. The van der Waals surface area contributed by atoms with Gasteiger partial charge < -0.3 is 14.8 Å². The second-order valence-corrected chi connectivity index (χ2v) is 9.03. The number of piperidine rings is 1. The van der Waals surface area contributed by atoms with Crippen molar-refractivity contribution in [3.63, 3.8) is 0 Å². The number of anilines is 2. The first kappa shape index (κ1) is 20.2. The Morgan fingerprint density at radius 1 is 1.16 bits per heavy atom. The highest BCUT2D eigenvalue weighted by Crippen LogP contribution is 2.30. The molecule has 0 spiro atoms. The van der Waals surface area contributed by atoms with Crippen molar-refractivity contribution in [2.75, 3.05) is 23.3 Å². The summed E-state index contributed by atoms with van der Waals surface area (Å²) in [6.45, 7) is 4.42. The van der Waals surface area contributed by atoms with Crippen molar-refractivity contribution < 1.29 is 4.79 Å².